The minimum atomic E-state index is 0.0238. The van der Waals surface area contributed by atoms with Crippen molar-refractivity contribution in [2.75, 3.05) is 37.7 Å². The van der Waals surface area contributed by atoms with Crippen LogP contribution >= 0.6 is 11.6 Å². The van der Waals surface area contributed by atoms with Gasteiger partial charge >= 0.3 is 0 Å². The van der Waals surface area contributed by atoms with Crippen LogP contribution < -0.4 is 14.4 Å². The van der Waals surface area contributed by atoms with E-state index in [0.29, 0.717) is 31.9 Å². The van der Waals surface area contributed by atoms with Gasteiger partial charge in [-0.25, -0.2) is 0 Å². The maximum absolute atomic E-state index is 13.3. The zero-order chi connectivity index (χ0) is 24.9. The minimum Gasteiger partial charge on any atom is -0.493 e. The molecule has 1 heterocycles. The molecule has 0 spiro atoms. The summed E-state index contributed by atoms with van der Waals surface area (Å²) in [5, 5.41) is 3.02. The number of rotatable bonds is 7. The van der Waals surface area contributed by atoms with E-state index in [2.05, 4.69) is 29.2 Å². The maximum atomic E-state index is 13.3. The van der Waals surface area contributed by atoms with Gasteiger partial charge in [0.1, 0.15) is 18.1 Å². The van der Waals surface area contributed by atoms with E-state index in [9.17, 15) is 4.79 Å². The van der Waals surface area contributed by atoms with Crippen molar-refractivity contribution < 1.29 is 14.3 Å². The molecule has 36 heavy (non-hydrogen) atoms. The van der Waals surface area contributed by atoms with Crippen molar-refractivity contribution in [3.8, 4) is 11.5 Å². The summed E-state index contributed by atoms with van der Waals surface area (Å²) >= 11 is 6.15. The van der Waals surface area contributed by atoms with Crippen LogP contribution in [0.25, 0.3) is 10.8 Å². The molecule has 0 bridgehead atoms. The number of piperazine rings is 1. The number of amides is 1. The van der Waals surface area contributed by atoms with Crippen LogP contribution in [0, 0.1) is 0 Å². The molecule has 1 aliphatic rings. The molecule has 5 nitrogen and oxygen atoms in total. The molecule has 1 aliphatic heterocycles. The van der Waals surface area contributed by atoms with Gasteiger partial charge in [0, 0.05) is 48.0 Å². The second-order valence-electron chi connectivity index (χ2n) is 8.81. The van der Waals surface area contributed by atoms with E-state index in [1.807, 2.05) is 72.5 Å². The standard InChI is InChI=1S/C30H29ClN2O3/c1-2-35-29-13-11-24(18-25(29)21-36-28-12-10-22-6-3-4-7-23(22)19-28)30(34)33-16-14-32(15-17-33)27-9-5-8-26(31)20-27/h3-13,18-20H,2,14-17,21H2,1H3. The minimum absolute atomic E-state index is 0.0238. The summed E-state index contributed by atoms with van der Waals surface area (Å²) < 4.78 is 11.9. The molecule has 0 aromatic heterocycles. The Bertz CT molecular complexity index is 1370. The third-order valence-corrected chi connectivity index (χ3v) is 6.70. The Hall–Kier alpha value is -3.70. The first-order valence-electron chi connectivity index (χ1n) is 12.3. The molecule has 1 fully saturated rings. The van der Waals surface area contributed by atoms with Gasteiger partial charge in [-0.05, 0) is 66.2 Å². The first-order chi connectivity index (χ1) is 17.6. The van der Waals surface area contributed by atoms with Crippen LogP contribution in [-0.4, -0.2) is 43.6 Å². The zero-order valence-electron chi connectivity index (χ0n) is 20.3. The molecular formula is C30H29ClN2O3. The van der Waals surface area contributed by atoms with E-state index in [0.717, 1.165) is 46.2 Å². The van der Waals surface area contributed by atoms with Crippen molar-refractivity contribution in [2.45, 2.75) is 13.5 Å². The topological polar surface area (TPSA) is 42.0 Å². The van der Waals surface area contributed by atoms with Crippen molar-refractivity contribution in [3.63, 3.8) is 0 Å². The number of fused-ring (bicyclic) bond motifs is 1. The molecular weight excluding hydrogens is 472 g/mol. The van der Waals surface area contributed by atoms with E-state index in [1.165, 1.54) is 5.39 Å². The van der Waals surface area contributed by atoms with Crippen molar-refractivity contribution in [2.24, 2.45) is 0 Å². The van der Waals surface area contributed by atoms with Crippen LogP contribution in [0.2, 0.25) is 5.02 Å². The monoisotopic (exact) mass is 500 g/mol. The van der Waals surface area contributed by atoms with Crippen LogP contribution in [0.1, 0.15) is 22.8 Å². The van der Waals surface area contributed by atoms with Gasteiger partial charge in [-0.1, -0.05) is 48.0 Å². The number of benzene rings is 4. The van der Waals surface area contributed by atoms with Crippen molar-refractivity contribution in [1.82, 2.24) is 4.90 Å². The summed E-state index contributed by atoms with van der Waals surface area (Å²) in [7, 11) is 0. The Morgan fingerprint density at radius 1 is 0.833 bits per heavy atom. The Morgan fingerprint density at radius 3 is 2.42 bits per heavy atom. The van der Waals surface area contributed by atoms with E-state index < -0.39 is 0 Å². The van der Waals surface area contributed by atoms with E-state index >= 15 is 0 Å². The highest BCUT2D eigenvalue weighted by Crippen LogP contribution is 2.26. The van der Waals surface area contributed by atoms with Crippen molar-refractivity contribution >= 4 is 34.0 Å². The highest BCUT2D eigenvalue weighted by atomic mass is 35.5. The number of anilines is 1. The lowest BCUT2D eigenvalue weighted by Crippen LogP contribution is -2.48. The summed E-state index contributed by atoms with van der Waals surface area (Å²) in [6.45, 7) is 5.65. The number of carbonyl (C=O) groups is 1. The molecule has 184 valence electrons. The number of halogens is 1. The lowest BCUT2D eigenvalue weighted by Gasteiger charge is -2.36. The average Bonchev–Trinajstić information content (AvgIpc) is 2.92. The van der Waals surface area contributed by atoms with Gasteiger partial charge in [0.15, 0.2) is 0 Å². The molecule has 0 radical (unpaired) electrons. The SMILES string of the molecule is CCOc1ccc(C(=O)N2CCN(c3cccc(Cl)c3)CC2)cc1COc1ccc2ccccc2c1. The van der Waals surface area contributed by atoms with Crippen LogP contribution in [0.3, 0.4) is 0 Å². The predicted molar refractivity (Wildman–Crippen MR) is 145 cm³/mol. The van der Waals surface area contributed by atoms with Gasteiger partial charge in [-0.2, -0.15) is 0 Å². The highest BCUT2D eigenvalue weighted by Gasteiger charge is 2.23. The lowest BCUT2D eigenvalue weighted by atomic mass is 10.1. The summed E-state index contributed by atoms with van der Waals surface area (Å²) in [4.78, 5) is 17.5. The number of hydrogen-bond acceptors (Lipinski definition) is 4. The molecule has 1 amide bonds. The zero-order valence-corrected chi connectivity index (χ0v) is 21.1. The number of nitrogens with zero attached hydrogens (tertiary/aromatic N) is 2. The molecule has 4 aromatic rings. The quantitative estimate of drug-likeness (QED) is 0.293. The fourth-order valence-corrected chi connectivity index (χ4v) is 4.75. The Kier molecular flexibility index (Phi) is 7.28. The average molecular weight is 501 g/mol. The Labute approximate surface area is 216 Å². The largest absolute Gasteiger partial charge is 0.493 e. The molecule has 6 heteroatoms. The van der Waals surface area contributed by atoms with E-state index in [-0.39, 0.29) is 5.91 Å². The van der Waals surface area contributed by atoms with Gasteiger partial charge in [0.2, 0.25) is 0 Å². The summed E-state index contributed by atoms with van der Waals surface area (Å²) in [6.07, 6.45) is 0. The number of hydrogen-bond donors (Lipinski definition) is 0. The summed E-state index contributed by atoms with van der Waals surface area (Å²) in [6, 6.07) is 27.7. The molecule has 0 aliphatic carbocycles. The molecule has 1 saturated heterocycles. The second kappa shape index (κ2) is 10.9. The Morgan fingerprint density at radius 2 is 1.64 bits per heavy atom. The van der Waals surface area contributed by atoms with E-state index in [4.69, 9.17) is 21.1 Å². The smallest absolute Gasteiger partial charge is 0.253 e. The van der Waals surface area contributed by atoms with Gasteiger partial charge in [0.05, 0.1) is 6.61 Å². The van der Waals surface area contributed by atoms with Crippen LogP contribution in [0.5, 0.6) is 11.5 Å². The fraction of sp³-hybridized carbons (Fsp3) is 0.233. The first-order valence-corrected chi connectivity index (χ1v) is 12.7. The van der Waals surface area contributed by atoms with Gasteiger partial charge < -0.3 is 19.3 Å². The second-order valence-corrected chi connectivity index (χ2v) is 9.25. The fourth-order valence-electron chi connectivity index (χ4n) is 4.56. The highest BCUT2D eigenvalue weighted by molar-refractivity contribution is 6.30. The number of carbonyl (C=O) groups excluding carboxylic acids is 1. The van der Waals surface area contributed by atoms with Crippen molar-refractivity contribution in [3.05, 3.63) is 101 Å². The Balaban J connectivity index is 1.28. The first kappa shape index (κ1) is 24.0. The molecule has 0 saturated carbocycles. The molecule has 0 unspecified atom stereocenters. The maximum Gasteiger partial charge on any atom is 0.253 e. The van der Waals surface area contributed by atoms with E-state index in [1.54, 1.807) is 0 Å². The lowest BCUT2D eigenvalue weighted by molar-refractivity contribution is 0.0746. The normalized spacial score (nSPS) is 13.6. The molecule has 4 aromatic carbocycles. The third-order valence-electron chi connectivity index (χ3n) is 6.46. The van der Waals surface area contributed by atoms with Gasteiger partial charge in [0.25, 0.3) is 5.91 Å². The van der Waals surface area contributed by atoms with Gasteiger partial charge in [-0.3, -0.25) is 4.79 Å². The van der Waals surface area contributed by atoms with Crippen LogP contribution in [-0.2, 0) is 6.61 Å². The molecule has 0 atom stereocenters. The van der Waals surface area contributed by atoms with Crippen LogP contribution in [0.15, 0.2) is 84.9 Å². The van der Waals surface area contributed by atoms with Crippen molar-refractivity contribution in [1.29, 1.82) is 0 Å². The molecule has 5 rings (SSSR count). The van der Waals surface area contributed by atoms with Gasteiger partial charge in [-0.15, -0.1) is 0 Å². The van der Waals surface area contributed by atoms with Crippen LogP contribution in [0.4, 0.5) is 5.69 Å². The molecule has 0 N–H and O–H groups in total. The predicted octanol–water partition coefficient (Wildman–Crippen LogP) is 6.43. The summed E-state index contributed by atoms with van der Waals surface area (Å²) in [5.41, 5.74) is 2.59. The summed E-state index contributed by atoms with van der Waals surface area (Å²) in [5.74, 6) is 1.54. The number of ether oxygens (including phenoxy) is 2. The third kappa shape index (κ3) is 5.42.